The molecule has 8 nitrogen and oxygen atoms in total. The highest BCUT2D eigenvalue weighted by atomic mass is 35.5. The van der Waals surface area contributed by atoms with Crippen LogP contribution in [0.25, 0.3) is 5.78 Å². The zero-order valence-electron chi connectivity index (χ0n) is 15.4. The summed E-state index contributed by atoms with van der Waals surface area (Å²) < 4.78 is 1.54. The molecule has 150 valence electrons. The number of thioether (sulfide) groups is 1. The fourth-order valence-electron chi connectivity index (χ4n) is 2.61. The molecule has 0 unspecified atom stereocenters. The Balaban J connectivity index is 1.40. The van der Waals surface area contributed by atoms with Gasteiger partial charge in [0.1, 0.15) is 0 Å². The maximum atomic E-state index is 12.6. The molecule has 2 aromatic heterocycles. The van der Waals surface area contributed by atoms with E-state index < -0.39 is 0 Å². The molecule has 0 aliphatic rings. The first kappa shape index (κ1) is 19.9. The van der Waals surface area contributed by atoms with Gasteiger partial charge in [-0.2, -0.15) is 4.98 Å². The molecule has 2 heterocycles. The van der Waals surface area contributed by atoms with Gasteiger partial charge in [0.05, 0.1) is 17.0 Å². The lowest BCUT2D eigenvalue weighted by molar-refractivity contribution is -0.113. The molecule has 30 heavy (non-hydrogen) atoms. The number of para-hydroxylation sites is 1. The molecule has 0 aliphatic carbocycles. The monoisotopic (exact) mass is 438 g/mol. The molecule has 0 fully saturated rings. The van der Waals surface area contributed by atoms with E-state index in [-0.39, 0.29) is 17.6 Å². The fraction of sp³-hybridized carbons (Fsp3) is 0.0500. The second-order valence-corrected chi connectivity index (χ2v) is 7.48. The van der Waals surface area contributed by atoms with E-state index in [4.69, 9.17) is 11.6 Å². The Morgan fingerprint density at radius 1 is 1.03 bits per heavy atom. The van der Waals surface area contributed by atoms with Gasteiger partial charge in [0.25, 0.3) is 11.7 Å². The molecule has 4 rings (SSSR count). The van der Waals surface area contributed by atoms with E-state index in [1.807, 2.05) is 0 Å². The van der Waals surface area contributed by atoms with Crippen molar-refractivity contribution in [1.82, 2.24) is 19.6 Å². The number of carbonyl (C=O) groups is 2. The summed E-state index contributed by atoms with van der Waals surface area (Å²) in [6.45, 7) is 0. The number of rotatable bonds is 6. The minimum Gasteiger partial charge on any atom is -0.325 e. The van der Waals surface area contributed by atoms with Crippen molar-refractivity contribution in [3.05, 3.63) is 77.6 Å². The van der Waals surface area contributed by atoms with Gasteiger partial charge in [0, 0.05) is 23.1 Å². The van der Waals surface area contributed by atoms with Gasteiger partial charge < -0.3 is 10.6 Å². The van der Waals surface area contributed by atoms with Gasteiger partial charge in [-0.1, -0.05) is 35.5 Å². The Morgan fingerprint density at radius 2 is 1.83 bits per heavy atom. The zero-order valence-corrected chi connectivity index (χ0v) is 17.0. The van der Waals surface area contributed by atoms with Crippen LogP contribution < -0.4 is 10.6 Å². The van der Waals surface area contributed by atoms with E-state index in [2.05, 4.69) is 25.7 Å². The third-order valence-electron chi connectivity index (χ3n) is 3.98. The van der Waals surface area contributed by atoms with E-state index in [1.165, 1.54) is 16.3 Å². The molecular weight excluding hydrogens is 424 g/mol. The second-order valence-electron chi connectivity index (χ2n) is 6.10. The van der Waals surface area contributed by atoms with Gasteiger partial charge in [-0.3, -0.25) is 9.59 Å². The van der Waals surface area contributed by atoms with Crippen molar-refractivity contribution in [2.75, 3.05) is 16.4 Å². The van der Waals surface area contributed by atoms with Crippen molar-refractivity contribution in [3.8, 4) is 0 Å². The van der Waals surface area contributed by atoms with Crippen LogP contribution in [-0.4, -0.2) is 37.1 Å². The number of hydrogen-bond donors (Lipinski definition) is 2. The molecule has 10 heteroatoms. The molecule has 0 radical (unpaired) electrons. The van der Waals surface area contributed by atoms with E-state index in [1.54, 1.807) is 67.0 Å². The van der Waals surface area contributed by atoms with Gasteiger partial charge in [-0.05, 0) is 42.5 Å². The van der Waals surface area contributed by atoms with Crippen LogP contribution in [0.4, 0.5) is 11.4 Å². The molecule has 0 spiro atoms. The normalized spacial score (nSPS) is 10.7. The smallest absolute Gasteiger partial charge is 0.257 e. The largest absolute Gasteiger partial charge is 0.325 e. The number of aromatic nitrogens is 4. The van der Waals surface area contributed by atoms with Crippen molar-refractivity contribution in [1.29, 1.82) is 0 Å². The Hall–Kier alpha value is -3.43. The number of benzene rings is 2. The summed E-state index contributed by atoms with van der Waals surface area (Å²) in [6, 6.07) is 15.3. The average molecular weight is 439 g/mol. The van der Waals surface area contributed by atoms with Crippen molar-refractivity contribution in [2.45, 2.75) is 5.16 Å². The summed E-state index contributed by atoms with van der Waals surface area (Å²) in [5.41, 5.74) is 1.37. The zero-order chi connectivity index (χ0) is 20.9. The molecule has 4 aromatic rings. The minimum absolute atomic E-state index is 0.0873. The summed E-state index contributed by atoms with van der Waals surface area (Å²) in [5, 5.41) is 10.8. The number of amides is 2. The number of nitrogens with one attached hydrogen (secondary N) is 2. The number of fused-ring (bicyclic) bond motifs is 1. The van der Waals surface area contributed by atoms with Crippen LogP contribution in [0.2, 0.25) is 5.02 Å². The van der Waals surface area contributed by atoms with Crippen molar-refractivity contribution >= 4 is 52.3 Å². The number of carbonyl (C=O) groups excluding carboxylic acids is 2. The van der Waals surface area contributed by atoms with E-state index in [0.29, 0.717) is 32.9 Å². The highest BCUT2D eigenvalue weighted by Gasteiger charge is 2.14. The number of hydrogen-bond acceptors (Lipinski definition) is 6. The number of anilines is 2. The Kier molecular flexibility index (Phi) is 5.92. The molecule has 2 amide bonds. The lowest BCUT2D eigenvalue weighted by atomic mass is 10.1. The third kappa shape index (κ3) is 4.76. The van der Waals surface area contributed by atoms with E-state index >= 15 is 0 Å². The highest BCUT2D eigenvalue weighted by molar-refractivity contribution is 7.99. The fourth-order valence-corrected chi connectivity index (χ4v) is 3.36. The molecule has 0 aliphatic heterocycles. The summed E-state index contributed by atoms with van der Waals surface area (Å²) in [4.78, 5) is 33.4. The third-order valence-corrected chi connectivity index (χ3v) is 5.07. The molecule has 0 saturated carbocycles. The molecule has 0 atom stereocenters. The molecular formula is C20H15ClN6O2S. The predicted molar refractivity (Wildman–Crippen MR) is 116 cm³/mol. The van der Waals surface area contributed by atoms with Crippen LogP contribution in [-0.2, 0) is 4.79 Å². The Bertz CT molecular complexity index is 1180. The molecule has 0 bridgehead atoms. The van der Waals surface area contributed by atoms with Crippen LogP contribution >= 0.6 is 23.4 Å². The number of nitrogens with zero attached hydrogens (tertiary/aromatic N) is 4. The maximum Gasteiger partial charge on any atom is 0.257 e. The van der Waals surface area contributed by atoms with Gasteiger partial charge >= 0.3 is 0 Å². The Morgan fingerprint density at radius 3 is 2.63 bits per heavy atom. The topological polar surface area (TPSA) is 101 Å². The molecule has 2 N–H and O–H groups in total. The van der Waals surface area contributed by atoms with Crippen molar-refractivity contribution in [3.63, 3.8) is 0 Å². The Labute approximate surface area is 180 Å². The summed E-state index contributed by atoms with van der Waals surface area (Å²) in [6.07, 6.45) is 3.35. The van der Waals surface area contributed by atoms with Crippen LogP contribution in [0.5, 0.6) is 0 Å². The maximum absolute atomic E-state index is 12.6. The van der Waals surface area contributed by atoms with Crippen LogP contribution in [0.1, 0.15) is 10.4 Å². The first-order valence-electron chi connectivity index (χ1n) is 8.84. The summed E-state index contributed by atoms with van der Waals surface area (Å²) in [7, 11) is 0. The minimum atomic E-state index is -0.339. The van der Waals surface area contributed by atoms with Gasteiger partial charge in [-0.15, -0.1) is 5.10 Å². The van der Waals surface area contributed by atoms with Crippen LogP contribution in [0.3, 0.4) is 0 Å². The highest BCUT2D eigenvalue weighted by Crippen LogP contribution is 2.20. The van der Waals surface area contributed by atoms with Crippen LogP contribution in [0, 0.1) is 0 Å². The second kappa shape index (κ2) is 8.93. The van der Waals surface area contributed by atoms with Crippen molar-refractivity contribution in [2.24, 2.45) is 0 Å². The lowest BCUT2D eigenvalue weighted by Gasteiger charge is -2.11. The van der Waals surface area contributed by atoms with Crippen LogP contribution in [0.15, 0.2) is 72.1 Å². The summed E-state index contributed by atoms with van der Waals surface area (Å²) >= 11 is 7.05. The molecule has 0 saturated heterocycles. The van der Waals surface area contributed by atoms with E-state index in [0.717, 1.165) is 0 Å². The quantitative estimate of drug-likeness (QED) is 0.444. The summed E-state index contributed by atoms with van der Waals surface area (Å²) in [5.74, 6) is -0.0681. The average Bonchev–Trinajstić information content (AvgIpc) is 3.17. The number of halogens is 1. The SMILES string of the molecule is O=C(CSc1nc2ncccn2n1)Nc1ccccc1C(=O)Nc1ccc(Cl)cc1. The molecule has 2 aromatic carbocycles. The first-order valence-corrected chi connectivity index (χ1v) is 10.2. The van der Waals surface area contributed by atoms with Crippen molar-refractivity contribution < 1.29 is 9.59 Å². The standard InChI is InChI=1S/C20H15ClN6O2S/c21-13-6-8-14(9-7-13)23-18(29)15-4-1-2-5-16(15)24-17(28)12-30-20-25-19-22-10-3-11-27(19)26-20/h1-11H,12H2,(H,23,29)(H,24,28). The van der Waals surface area contributed by atoms with E-state index in [9.17, 15) is 9.59 Å². The van der Waals surface area contributed by atoms with Gasteiger partial charge in [-0.25, -0.2) is 9.50 Å². The van der Waals surface area contributed by atoms with Gasteiger partial charge in [0.15, 0.2) is 0 Å². The first-order chi connectivity index (χ1) is 14.6. The van der Waals surface area contributed by atoms with Gasteiger partial charge in [0.2, 0.25) is 11.1 Å². The predicted octanol–water partition coefficient (Wildman–Crippen LogP) is 3.76. The lowest BCUT2D eigenvalue weighted by Crippen LogP contribution is -2.19.